The number of nitrogens with one attached hydrogen (secondary N) is 1. The van der Waals surface area contributed by atoms with E-state index < -0.39 is 0 Å². The minimum absolute atomic E-state index is 0.00203. The highest BCUT2D eigenvalue weighted by Crippen LogP contribution is 2.16. The van der Waals surface area contributed by atoms with Crippen LogP contribution in [0.4, 0.5) is 0 Å². The van der Waals surface area contributed by atoms with Crippen molar-refractivity contribution in [3.63, 3.8) is 0 Å². The van der Waals surface area contributed by atoms with Crippen LogP contribution in [0.15, 0.2) is 12.3 Å². The summed E-state index contributed by atoms with van der Waals surface area (Å²) in [4.78, 5) is 12.2. The fourth-order valence-electron chi connectivity index (χ4n) is 2.59. The summed E-state index contributed by atoms with van der Waals surface area (Å²) in [7, 11) is 1.89. The minimum Gasteiger partial charge on any atom is -0.348 e. The van der Waals surface area contributed by atoms with E-state index in [0.717, 1.165) is 23.5 Å². The number of nitrogens with zero attached hydrogens (tertiary/aromatic N) is 4. The van der Waals surface area contributed by atoms with Gasteiger partial charge in [-0.2, -0.15) is 10.2 Å². The number of hydrogen-bond donors (Lipinski definition) is 1. The van der Waals surface area contributed by atoms with Crippen molar-refractivity contribution in [3.8, 4) is 0 Å². The van der Waals surface area contributed by atoms with E-state index in [9.17, 15) is 4.79 Å². The summed E-state index contributed by atoms with van der Waals surface area (Å²) in [6, 6.07) is 1.95. The molecule has 2 aromatic rings. The van der Waals surface area contributed by atoms with Crippen LogP contribution in [0.1, 0.15) is 48.5 Å². The van der Waals surface area contributed by atoms with Crippen molar-refractivity contribution in [3.05, 3.63) is 34.9 Å². The lowest BCUT2D eigenvalue weighted by atomic mass is 10.1. The molecule has 2 aromatic heterocycles. The molecule has 22 heavy (non-hydrogen) atoms. The van der Waals surface area contributed by atoms with Crippen molar-refractivity contribution in [2.45, 2.75) is 53.1 Å². The van der Waals surface area contributed by atoms with Gasteiger partial charge in [0, 0.05) is 31.9 Å². The van der Waals surface area contributed by atoms with Crippen LogP contribution in [0.2, 0.25) is 0 Å². The van der Waals surface area contributed by atoms with Gasteiger partial charge in [0.15, 0.2) is 0 Å². The Bertz CT molecular complexity index is 656. The third-order valence-electron chi connectivity index (χ3n) is 4.25. The van der Waals surface area contributed by atoms with Crippen molar-refractivity contribution in [2.75, 3.05) is 0 Å². The monoisotopic (exact) mass is 303 g/mol. The molecule has 0 radical (unpaired) electrons. The molecule has 6 heteroatoms. The summed E-state index contributed by atoms with van der Waals surface area (Å²) in [5, 5.41) is 11.7. The number of aryl methyl sites for hydroxylation is 3. The van der Waals surface area contributed by atoms with Crippen LogP contribution in [0.3, 0.4) is 0 Å². The van der Waals surface area contributed by atoms with Crippen molar-refractivity contribution in [1.82, 2.24) is 24.9 Å². The molecule has 1 unspecified atom stereocenters. The van der Waals surface area contributed by atoms with E-state index in [0.29, 0.717) is 13.0 Å². The smallest absolute Gasteiger partial charge is 0.222 e. The topological polar surface area (TPSA) is 64.7 Å². The van der Waals surface area contributed by atoms with Crippen molar-refractivity contribution < 1.29 is 4.79 Å². The van der Waals surface area contributed by atoms with Crippen LogP contribution in [0.5, 0.6) is 0 Å². The Hall–Kier alpha value is -2.11. The van der Waals surface area contributed by atoms with E-state index >= 15 is 0 Å². The molecule has 1 N–H and O–H groups in total. The molecule has 0 aliphatic heterocycles. The maximum absolute atomic E-state index is 12.2. The van der Waals surface area contributed by atoms with Gasteiger partial charge in [-0.3, -0.25) is 14.2 Å². The number of aromatic nitrogens is 4. The van der Waals surface area contributed by atoms with Gasteiger partial charge in [0.1, 0.15) is 0 Å². The number of rotatable bonds is 6. The summed E-state index contributed by atoms with van der Waals surface area (Å²) in [5.41, 5.74) is 4.38. The van der Waals surface area contributed by atoms with E-state index in [-0.39, 0.29) is 11.9 Å². The second-order valence-corrected chi connectivity index (χ2v) is 5.68. The molecule has 0 bridgehead atoms. The molecule has 0 fully saturated rings. The van der Waals surface area contributed by atoms with Gasteiger partial charge in [0.25, 0.3) is 0 Å². The maximum atomic E-state index is 12.2. The van der Waals surface area contributed by atoms with Gasteiger partial charge in [0.2, 0.25) is 5.91 Å². The average Bonchev–Trinajstić information content (AvgIpc) is 3.02. The van der Waals surface area contributed by atoms with E-state index in [4.69, 9.17) is 0 Å². The van der Waals surface area contributed by atoms with Gasteiger partial charge in [-0.25, -0.2) is 0 Å². The quantitative estimate of drug-likeness (QED) is 0.889. The predicted octanol–water partition coefficient (Wildman–Crippen LogP) is 2.20. The summed E-state index contributed by atoms with van der Waals surface area (Å²) < 4.78 is 3.72. The molecule has 1 atom stereocenters. The van der Waals surface area contributed by atoms with Crippen LogP contribution in [0.25, 0.3) is 0 Å². The molecule has 0 aliphatic rings. The lowest BCUT2D eigenvalue weighted by molar-refractivity contribution is -0.122. The van der Waals surface area contributed by atoms with Crippen molar-refractivity contribution in [1.29, 1.82) is 0 Å². The molecule has 0 saturated heterocycles. The lowest BCUT2D eigenvalue weighted by Gasteiger charge is -2.17. The van der Waals surface area contributed by atoms with E-state index in [2.05, 4.69) is 29.4 Å². The number of carbonyl (C=O) groups excluding carboxylic acids is 1. The molecule has 2 heterocycles. The van der Waals surface area contributed by atoms with Crippen LogP contribution in [-0.4, -0.2) is 25.5 Å². The average molecular weight is 303 g/mol. The van der Waals surface area contributed by atoms with Crippen LogP contribution < -0.4 is 5.32 Å². The van der Waals surface area contributed by atoms with Gasteiger partial charge < -0.3 is 5.32 Å². The van der Waals surface area contributed by atoms with Crippen molar-refractivity contribution >= 4 is 5.91 Å². The Morgan fingerprint density at radius 1 is 1.36 bits per heavy atom. The van der Waals surface area contributed by atoms with Crippen LogP contribution in [0, 0.1) is 20.8 Å². The molecule has 2 rings (SSSR count). The van der Waals surface area contributed by atoms with Crippen LogP contribution in [-0.2, 0) is 18.4 Å². The Kier molecular flexibility index (Phi) is 5.00. The maximum Gasteiger partial charge on any atom is 0.222 e. The minimum atomic E-state index is 0.00203. The van der Waals surface area contributed by atoms with Gasteiger partial charge >= 0.3 is 0 Å². The summed E-state index contributed by atoms with van der Waals surface area (Å²) in [6.45, 7) is 8.76. The van der Waals surface area contributed by atoms with E-state index in [1.165, 1.54) is 5.56 Å². The van der Waals surface area contributed by atoms with E-state index in [1.54, 1.807) is 10.9 Å². The molecular weight excluding hydrogens is 278 g/mol. The number of carbonyl (C=O) groups is 1. The SMILES string of the molecule is CCC(NC(=O)CCn1nc(C)c(C)c1C)c1ccnn1C. The lowest BCUT2D eigenvalue weighted by Crippen LogP contribution is -2.30. The third-order valence-corrected chi connectivity index (χ3v) is 4.25. The Morgan fingerprint density at radius 3 is 2.59 bits per heavy atom. The Morgan fingerprint density at radius 2 is 2.09 bits per heavy atom. The fourth-order valence-corrected chi connectivity index (χ4v) is 2.59. The third kappa shape index (κ3) is 3.37. The first-order valence-electron chi connectivity index (χ1n) is 7.71. The number of amides is 1. The molecule has 0 aliphatic carbocycles. The van der Waals surface area contributed by atoms with Gasteiger partial charge in [-0.05, 0) is 38.8 Å². The molecular formula is C16H25N5O. The first kappa shape index (κ1) is 16.3. The normalized spacial score (nSPS) is 12.4. The van der Waals surface area contributed by atoms with Gasteiger partial charge in [0.05, 0.1) is 17.4 Å². The Labute approximate surface area is 131 Å². The van der Waals surface area contributed by atoms with Crippen molar-refractivity contribution in [2.24, 2.45) is 7.05 Å². The number of hydrogen-bond acceptors (Lipinski definition) is 3. The molecule has 0 spiro atoms. The first-order chi connectivity index (χ1) is 10.4. The summed E-state index contributed by atoms with van der Waals surface area (Å²) in [5.74, 6) is 0.0401. The second kappa shape index (κ2) is 6.77. The highest BCUT2D eigenvalue weighted by atomic mass is 16.1. The zero-order valence-electron chi connectivity index (χ0n) is 14.1. The second-order valence-electron chi connectivity index (χ2n) is 5.68. The largest absolute Gasteiger partial charge is 0.348 e. The highest BCUT2D eigenvalue weighted by molar-refractivity contribution is 5.76. The molecule has 120 valence electrons. The fraction of sp³-hybridized carbons (Fsp3) is 0.562. The molecule has 0 aromatic carbocycles. The summed E-state index contributed by atoms with van der Waals surface area (Å²) >= 11 is 0. The van der Waals surface area contributed by atoms with E-state index in [1.807, 2.05) is 31.6 Å². The van der Waals surface area contributed by atoms with Gasteiger partial charge in [-0.1, -0.05) is 6.92 Å². The zero-order valence-corrected chi connectivity index (χ0v) is 14.1. The molecule has 6 nitrogen and oxygen atoms in total. The van der Waals surface area contributed by atoms with Crippen LogP contribution >= 0.6 is 0 Å². The standard InChI is InChI=1S/C16H25N5O/c1-6-14(15-7-9-17-20(15)5)18-16(22)8-10-21-13(4)11(2)12(3)19-21/h7,9,14H,6,8,10H2,1-5H3,(H,18,22). The molecule has 1 amide bonds. The first-order valence-corrected chi connectivity index (χ1v) is 7.71. The summed E-state index contributed by atoms with van der Waals surface area (Å²) in [6.07, 6.45) is 3.02. The molecule has 0 saturated carbocycles. The Balaban J connectivity index is 1.95. The predicted molar refractivity (Wildman–Crippen MR) is 85.4 cm³/mol. The zero-order chi connectivity index (χ0) is 16.3. The van der Waals surface area contributed by atoms with Gasteiger partial charge in [-0.15, -0.1) is 0 Å². The highest BCUT2D eigenvalue weighted by Gasteiger charge is 2.16.